The van der Waals surface area contributed by atoms with Gasteiger partial charge in [0.1, 0.15) is 6.54 Å². The van der Waals surface area contributed by atoms with E-state index in [4.69, 9.17) is 4.42 Å². The second kappa shape index (κ2) is 7.40. The number of carbonyl (C=O) groups is 1. The highest BCUT2D eigenvalue weighted by atomic mass is 32.2. The Bertz CT molecular complexity index is 1240. The van der Waals surface area contributed by atoms with Crippen LogP contribution in [0.15, 0.2) is 51.7 Å². The number of anilines is 2. The van der Waals surface area contributed by atoms with Gasteiger partial charge in [-0.05, 0) is 55.7 Å². The van der Waals surface area contributed by atoms with Crippen molar-refractivity contribution < 1.29 is 17.6 Å². The summed E-state index contributed by atoms with van der Waals surface area (Å²) in [5.74, 6) is -0.919. The summed E-state index contributed by atoms with van der Waals surface area (Å²) in [6.45, 7) is 1.91. The number of para-hydroxylation sites is 2. The van der Waals surface area contributed by atoms with Crippen LogP contribution in [0.25, 0.3) is 11.1 Å². The zero-order valence-corrected chi connectivity index (χ0v) is 16.7. The van der Waals surface area contributed by atoms with Crippen molar-refractivity contribution in [3.8, 4) is 0 Å². The van der Waals surface area contributed by atoms with Crippen LogP contribution in [0.2, 0.25) is 0 Å². The van der Waals surface area contributed by atoms with Gasteiger partial charge >= 0.3 is 5.76 Å². The summed E-state index contributed by atoms with van der Waals surface area (Å²) in [4.78, 5) is 24.5. The van der Waals surface area contributed by atoms with E-state index in [2.05, 4.69) is 5.32 Å². The molecule has 29 heavy (non-hydrogen) atoms. The van der Waals surface area contributed by atoms with Gasteiger partial charge in [0.05, 0.1) is 17.0 Å². The molecule has 0 bridgehead atoms. The number of sulfonamides is 1. The minimum atomic E-state index is -3.33. The minimum Gasteiger partial charge on any atom is -0.408 e. The summed E-state index contributed by atoms with van der Waals surface area (Å²) >= 11 is 0. The van der Waals surface area contributed by atoms with E-state index >= 15 is 0 Å². The molecule has 0 fully saturated rings. The van der Waals surface area contributed by atoms with Crippen LogP contribution in [0.5, 0.6) is 0 Å². The SMILES string of the molecule is CCS(=O)(=O)N1CCCc2cc(NC(=O)Cn3c(=O)oc4ccccc43)ccc21. The van der Waals surface area contributed by atoms with E-state index in [9.17, 15) is 18.0 Å². The number of nitrogens with zero attached hydrogens (tertiary/aromatic N) is 2. The summed E-state index contributed by atoms with van der Waals surface area (Å²) in [6.07, 6.45) is 1.46. The minimum absolute atomic E-state index is 0.0400. The Hall–Kier alpha value is -3.07. The molecule has 9 heteroatoms. The Morgan fingerprint density at radius 3 is 2.79 bits per heavy atom. The molecule has 0 radical (unpaired) electrons. The van der Waals surface area contributed by atoms with Crippen LogP contribution in [-0.2, 0) is 27.8 Å². The number of hydrogen-bond donors (Lipinski definition) is 1. The van der Waals surface area contributed by atoms with Crippen molar-refractivity contribution in [2.24, 2.45) is 0 Å². The van der Waals surface area contributed by atoms with Gasteiger partial charge in [-0.15, -0.1) is 0 Å². The highest BCUT2D eigenvalue weighted by Crippen LogP contribution is 2.31. The maximum absolute atomic E-state index is 12.5. The van der Waals surface area contributed by atoms with E-state index in [-0.39, 0.29) is 18.2 Å². The first-order chi connectivity index (χ1) is 13.9. The predicted molar refractivity (Wildman–Crippen MR) is 111 cm³/mol. The highest BCUT2D eigenvalue weighted by molar-refractivity contribution is 7.92. The van der Waals surface area contributed by atoms with Gasteiger partial charge in [0.25, 0.3) is 0 Å². The zero-order valence-electron chi connectivity index (χ0n) is 15.9. The number of fused-ring (bicyclic) bond motifs is 2. The maximum Gasteiger partial charge on any atom is 0.420 e. The van der Waals surface area contributed by atoms with Crippen LogP contribution in [0.1, 0.15) is 18.9 Å². The molecular formula is C20H21N3O5S. The number of oxazole rings is 1. The summed E-state index contributed by atoms with van der Waals surface area (Å²) in [5.41, 5.74) is 3.07. The number of benzene rings is 2. The summed E-state index contributed by atoms with van der Waals surface area (Å²) < 4.78 is 32.5. The smallest absolute Gasteiger partial charge is 0.408 e. The molecular weight excluding hydrogens is 394 g/mol. The molecule has 152 valence electrons. The lowest BCUT2D eigenvalue weighted by atomic mass is 10.0. The molecule has 0 spiro atoms. The van der Waals surface area contributed by atoms with Gasteiger partial charge < -0.3 is 9.73 Å². The average molecular weight is 415 g/mol. The van der Waals surface area contributed by atoms with Gasteiger partial charge in [-0.1, -0.05) is 12.1 Å². The van der Waals surface area contributed by atoms with Crippen LogP contribution >= 0.6 is 0 Å². The molecule has 0 aliphatic carbocycles. The maximum atomic E-state index is 12.5. The van der Waals surface area contributed by atoms with Gasteiger partial charge in [0.15, 0.2) is 5.58 Å². The van der Waals surface area contributed by atoms with Crippen molar-refractivity contribution in [2.75, 3.05) is 21.9 Å². The third kappa shape index (κ3) is 3.65. The zero-order chi connectivity index (χ0) is 20.6. The topological polar surface area (TPSA) is 102 Å². The Labute approximate surface area is 167 Å². The quantitative estimate of drug-likeness (QED) is 0.689. The number of rotatable bonds is 5. The van der Waals surface area contributed by atoms with Gasteiger partial charge in [-0.3, -0.25) is 13.7 Å². The Morgan fingerprint density at radius 2 is 2.00 bits per heavy atom. The molecule has 8 nitrogen and oxygen atoms in total. The second-order valence-electron chi connectivity index (χ2n) is 6.89. The molecule has 1 aromatic heterocycles. The summed E-state index contributed by atoms with van der Waals surface area (Å²) in [6, 6.07) is 12.1. The monoisotopic (exact) mass is 415 g/mol. The Balaban J connectivity index is 1.55. The third-order valence-corrected chi connectivity index (χ3v) is 6.80. The standard InChI is InChI=1S/C20H21N3O5S/c1-2-29(26,27)23-11-5-6-14-12-15(9-10-16(14)23)21-19(24)13-22-17-7-3-4-8-18(17)28-20(22)25/h3-4,7-10,12H,2,5-6,11,13H2,1H3,(H,21,24). The summed E-state index contributed by atoms with van der Waals surface area (Å²) in [7, 11) is -3.33. The second-order valence-corrected chi connectivity index (χ2v) is 9.07. The third-order valence-electron chi connectivity index (χ3n) is 5.02. The Morgan fingerprint density at radius 1 is 1.21 bits per heavy atom. The molecule has 0 saturated heterocycles. The van der Waals surface area contributed by atoms with Gasteiger partial charge in [0.2, 0.25) is 15.9 Å². The number of carbonyl (C=O) groups excluding carboxylic acids is 1. The van der Waals surface area contributed by atoms with Crippen molar-refractivity contribution in [2.45, 2.75) is 26.3 Å². The molecule has 1 amide bonds. The van der Waals surface area contributed by atoms with Crippen LogP contribution in [0.4, 0.5) is 11.4 Å². The van der Waals surface area contributed by atoms with Crippen LogP contribution in [0, 0.1) is 0 Å². The molecule has 3 aromatic rings. The first-order valence-electron chi connectivity index (χ1n) is 9.40. The lowest BCUT2D eigenvalue weighted by Crippen LogP contribution is -2.36. The van der Waals surface area contributed by atoms with E-state index in [0.717, 1.165) is 18.4 Å². The molecule has 1 aliphatic rings. The Kier molecular flexibility index (Phi) is 4.91. The first kappa shape index (κ1) is 19.3. The van der Waals surface area contributed by atoms with Crippen LogP contribution < -0.4 is 15.4 Å². The van der Waals surface area contributed by atoms with Gasteiger partial charge in [0, 0.05) is 12.2 Å². The number of nitrogens with one attached hydrogen (secondary N) is 1. The van der Waals surface area contributed by atoms with E-state index in [1.54, 1.807) is 49.4 Å². The predicted octanol–water partition coefficient (Wildman–Crippen LogP) is 2.34. The van der Waals surface area contributed by atoms with Crippen molar-refractivity contribution in [3.63, 3.8) is 0 Å². The van der Waals surface area contributed by atoms with E-state index in [0.29, 0.717) is 29.0 Å². The lowest BCUT2D eigenvalue weighted by Gasteiger charge is -2.30. The van der Waals surface area contributed by atoms with Gasteiger partial charge in [-0.25, -0.2) is 13.2 Å². The molecule has 1 aliphatic heterocycles. The normalized spacial score (nSPS) is 14.0. The van der Waals surface area contributed by atoms with Crippen LogP contribution in [-0.4, -0.2) is 31.2 Å². The van der Waals surface area contributed by atoms with Crippen molar-refractivity contribution in [1.29, 1.82) is 0 Å². The first-order valence-corrected chi connectivity index (χ1v) is 11.0. The number of aromatic nitrogens is 1. The number of amides is 1. The molecule has 2 heterocycles. The van der Waals surface area contributed by atoms with Crippen molar-refractivity contribution in [3.05, 3.63) is 58.6 Å². The molecule has 0 saturated carbocycles. The molecule has 4 rings (SSSR count). The van der Waals surface area contributed by atoms with E-state index < -0.39 is 15.8 Å². The van der Waals surface area contributed by atoms with Crippen molar-refractivity contribution in [1.82, 2.24) is 4.57 Å². The van der Waals surface area contributed by atoms with Gasteiger partial charge in [-0.2, -0.15) is 0 Å². The molecule has 2 aromatic carbocycles. The lowest BCUT2D eigenvalue weighted by molar-refractivity contribution is -0.116. The molecule has 1 N–H and O–H groups in total. The highest BCUT2D eigenvalue weighted by Gasteiger charge is 2.26. The largest absolute Gasteiger partial charge is 0.420 e. The molecule has 0 atom stereocenters. The van der Waals surface area contributed by atoms with E-state index in [1.165, 1.54) is 8.87 Å². The summed E-state index contributed by atoms with van der Waals surface area (Å²) in [5, 5.41) is 2.78. The van der Waals surface area contributed by atoms with E-state index in [1.807, 2.05) is 0 Å². The number of aryl methyl sites for hydroxylation is 1. The fourth-order valence-corrected chi connectivity index (χ4v) is 4.79. The fourth-order valence-electron chi connectivity index (χ4n) is 3.59. The molecule has 0 unspecified atom stereocenters. The van der Waals surface area contributed by atoms with Crippen molar-refractivity contribution >= 4 is 38.4 Å². The average Bonchev–Trinajstić information content (AvgIpc) is 3.02. The van der Waals surface area contributed by atoms with Crippen LogP contribution in [0.3, 0.4) is 0 Å². The number of hydrogen-bond acceptors (Lipinski definition) is 5. The fraction of sp³-hybridized carbons (Fsp3) is 0.300.